The minimum Gasteiger partial charge on any atom is -0.497 e. The topological polar surface area (TPSA) is 71.0 Å². The Bertz CT molecular complexity index is 618. The maximum Gasteiger partial charge on any atom is 0.242 e. The first-order valence-electron chi connectivity index (χ1n) is 7.55. The summed E-state index contributed by atoms with van der Waals surface area (Å²) in [6.07, 6.45) is 0.125. The highest BCUT2D eigenvalue weighted by Gasteiger charge is 2.37. The van der Waals surface area contributed by atoms with Gasteiger partial charge in [0.25, 0.3) is 0 Å². The second-order valence-electron chi connectivity index (χ2n) is 4.93. The average Bonchev–Trinajstić information content (AvgIpc) is 2.83. The molecule has 0 aliphatic carbocycles. The molecule has 0 aromatic heterocycles. The second kappa shape index (κ2) is 8.01. The Morgan fingerprint density at radius 2 is 2.22 bits per heavy atom. The number of methoxy groups -OCH3 is 1. The van der Waals surface area contributed by atoms with Crippen LogP contribution < -0.4 is 10.1 Å². The predicted molar refractivity (Wildman–Crippen MR) is 93.0 cm³/mol. The Hall–Kier alpha value is -2.02. The molecule has 1 N–H and O–H groups in total. The Morgan fingerprint density at radius 1 is 1.43 bits per heavy atom. The Balaban J connectivity index is 2.00. The van der Waals surface area contributed by atoms with Crippen molar-refractivity contribution < 1.29 is 14.3 Å². The van der Waals surface area contributed by atoms with E-state index in [9.17, 15) is 9.59 Å². The van der Waals surface area contributed by atoms with Gasteiger partial charge < -0.3 is 10.1 Å². The van der Waals surface area contributed by atoms with E-state index in [1.807, 2.05) is 13.8 Å². The molecule has 7 heteroatoms. The van der Waals surface area contributed by atoms with Crippen LogP contribution in [-0.2, 0) is 9.59 Å². The van der Waals surface area contributed by atoms with Gasteiger partial charge in [-0.25, -0.2) is 0 Å². The Labute approximate surface area is 140 Å². The van der Waals surface area contributed by atoms with E-state index in [4.69, 9.17) is 4.74 Å². The molecule has 1 aliphatic heterocycles. The number of carbonyl (C=O) groups excluding carboxylic acids is 2. The number of hydrogen-bond acceptors (Lipinski definition) is 5. The van der Waals surface area contributed by atoms with E-state index in [0.717, 1.165) is 0 Å². The Kier molecular flexibility index (Phi) is 6.04. The summed E-state index contributed by atoms with van der Waals surface area (Å²) in [6, 6.07) is 7.13. The highest BCUT2D eigenvalue weighted by molar-refractivity contribution is 8.15. The zero-order valence-electron chi connectivity index (χ0n) is 13.5. The molecule has 6 nitrogen and oxygen atoms in total. The van der Waals surface area contributed by atoms with Crippen LogP contribution in [0.5, 0.6) is 5.75 Å². The zero-order chi connectivity index (χ0) is 16.8. The van der Waals surface area contributed by atoms with E-state index in [0.29, 0.717) is 29.7 Å². The van der Waals surface area contributed by atoms with E-state index in [1.54, 1.807) is 36.3 Å². The minimum atomic E-state index is -0.411. The van der Waals surface area contributed by atoms with E-state index in [2.05, 4.69) is 10.3 Å². The monoisotopic (exact) mass is 335 g/mol. The number of aliphatic imine (C=N–C) groups is 1. The van der Waals surface area contributed by atoms with Crippen LogP contribution in [-0.4, -0.2) is 47.3 Å². The van der Waals surface area contributed by atoms with Crippen molar-refractivity contribution in [2.24, 2.45) is 4.99 Å². The van der Waals surface area contributed by atoms with Gasteiger partial charge in [0, 0.05) is 31.3 Å². The molecular weight excluding hydrogens is 314 g/mol. The van der Waals surface area contributed by atoms with Crippen LogP contribution in [0.4, 0.5) is 5.69 Å². The van der Waals surface area contributed by atoms with Crippen molar-refractivity contribution in [2.75, 3.05) is 25.5 Å². The molecule has 2 rings (SSSR count). The third-order valence-electron chi connectivity index (χ3n) is 3.35. The number of amidine groups is 1. The summed E-state index contributed by atoms with van der Waals surface area (Å²) >= 11 is 1.36. The van der Waals surface area contributed by atoms with Crippen LogP contribution in [0.2, 0.25) is 0 Å². The summed E-state index contributed by atoms with van der Waals surface area (Å²) < 4.78 is 5.12. The second-order valence-corrected chi connectivity index (χ2v) is 6.10. The number of ether oxygens (including phenoxy) is 1. The standard InChI is InChI=1S/C16H21N3O3S/c1-4-17-16-19(5-2)15(21)13(23-16)10-14(20)18-11-7-6-8-12(9-11)22-3/h6-9,13H,4-5,10H2,1-3H3,(H,18,20)/t13-/m0/s1. The average molecular weight is 335 g/mol. The molecule has 1 fully saturated rings. The third-order valence-corrected chi connectivity index (χ3v) is 4.57. The summed E-state index contributed by atoms with van der Waals surface area (Å²) in [7, 11) is 1.57. The molecule has 0 saturated carbocycles. The smallest absolute Gasteiger partial charge is 0.242 e. The van der Waals surface area contributed by atoms with Crippen molar-refractivity contribution in [3.05, 3.63) is 24.3 Å². The first kappa shape index (κ1) is 17.3. The Morgan fingerprint density at radius 3 is 2.87 bits per heavy atom. The van der Waals surface area contributed by atoms with E-state index < -0.39 is 5.25 Å². The maximum atomic E-state index is 12.3. The van der Waals surface area contributed by atoms with Gasteiger partial charge in [-0.05, 0) is 26.0 Å². The molecule has 1 aromatic carbocycles. The van der Waals surface area contributed by atoms with Gasteiger partial charge in [0.1, 0.15) is 11.0 Å². The van der Waals surface area contributed by atoms with E-state index in [1.165, 1.54) is 11.8 Å². The van der Waals surface area contributed by atoms with Crippen LogP contribution in [0.15, 0.2) is 29.3 Å². The molecule has 0 spiro atoms. The lowest BCUT2D eigenvalue weighted by atomic mass is 10.2. The van der Waals surface area contributed by atoms with Crippen LogP contribution in [0, 0.1) is 0 Å². The molecule has 1 heterocycles. The lowest BCUT2D eigenvalue weighted by Crippen LogP contribution is -2.33. The summed E-state index contributed by atoms with van der Waals surface area (Å²) in [5.74, 6) is 0.423. The number of thioether (sulfide) groups is 1. The summed E-state index contributed by atoms with van der Waals surface area (Å²) in [5.41, 5.74) is 0.652. The fraction of sp³-hybridized carbons (Fsp3) is 0.438. The first-order chi connectivity index (χ1) is 11.1. The quantitative estimate of drug-likeness (QED) is 0.866. The normalized spacial score (nSPS) is 19.3. The van der Waals surface area contributed by atoms with Crippen molar-refractivity contribution in [1.82, 2.24) is 4.90 Å². The largest absolute Gasteiger partial charge is 0.497 e. The van der Waals surface area contributed by atoms with Gasteiger partial charge in [0.05, 0.1) is 7.11 Å². The first-order valence-corrected chi connectivity index (χ1v) is 8.43. The van der Waals surface area contributed by atoms with Crippen LogP contribution in [0.25, 0.3) is 0 Å². The molecule has 1 aromatic rings. The van der Waals surface area contributed by atoms with Crippen molar-refractivity contribution in [1.29, 1.82) is 0 Å². The number of anilines is 1. The summed E-state index contributed by atoms with van der Waals surface area (Å²) in [4.78, 5) is 30.5. The van der Waals surface area contributed by atoms with Gasteiger partial charge in [-0.2, -0.15) is 0 Å². The van der Waals surface area contributed by atoms with Crippen LogP contribution >= 0.6 is 11.8 Å². The van der Waals surface area contributed by atoms with E-state index >= 15 is 0 Å². The number of amides is 2. The van der Waals surface area contributed by atoms with Gasteiger partial charge >= 0.3 is 0 Å². The van der Waals surface area contributed by atoms with Crippen molar-refractivity contribution in [3.63, 3.8) is 0 Å². The lowest BCUT2D eigenvalue weighted by molar-refractivity contribution is -0.128. The van der Waals surface area contributed by atoms with Crippen molar-refractivity contribution in [3.8, 4) is 5.75 Å². The summed E-state index contributed by atoms with van der Waals surface area (Å²) in [6.45, 7) is 5.02. The molecule has 124 valence electrons. The van der Waals surface area contributed by atoms with Gasteiger partial charge in [0.2, 0.25) is 11.8 Å². The molecule has 2 amide bonds. The molecular formula is C16H21N3O3S. The van der Waals surface area contributed by atoms with Gasteiger partial charge in [-0.15, -0.1) is 0 Å². The highest BCUT2D eigenvalue weighted by atomic mass is 32.2. The number of nitrogens with zero attached hydrogens (tertiary/aromatic N) is 2. The van der Waals surface area contributed by atoms with Gasteiger partial charge in [-0.3, -0.25) is 19.5 Å². The molecule has 1 aliphatic rings. The molecule has 23 heavy (non-hydrogen) atoms. The number of hydrogen-bond donors (Lipinski definition) is 1. The van der Waals surface area contributed by atoms with Gasteiger partial charge in [-0.1, -0.05) is 17.8 Å². The molecule has 1 saturated heterocycles. The van der Waals surface area contributed by atoms with Crippen LogP contribution in [0.3, 0.4) is 0 Å². The van der Waals surface area contributed by atoms with Crippen molar-refractivity contribution >= 4 is 34.4 Å². The number of rotatable bonds is 6. The predicted octanol–water partition coefficient (Wildman–Crippen LogP) is 2.36. The molecule has 0 bridgehead atoms. The number of nitrogens with one attached hydrogen (secondary N) is 1. The lowest BCUT2D eigenvalue weighted by Gasteiger charge is -2.13. The number of benzene rings is 1. The van der Waals surface area contributed by atoms with Gasteiger partial charge in [0.15, 0.2) is 5.17 Å². The SMILES string of the molecule is CCN=C1S[C@@H](CC(=O)Nc2cccc(OC)c2)C(=O)N1CC. The van der Waals surface area contributed by atoms with Crippen molar-refractivity contribution in [2.45, 2.75) is 25.5 Å². The maximum absolute atomic E-state index is 12.3. The fourth-order valence-corrected chi connectivity index (χ4v) is 3.54. The van der Waals surface area contributed by atoms with E-state index in [-0.39, 0.29) is 18.2 Å². The molecule has 0 radical (unpaired) electrons. The molecule has 1 atom stereocenters. The minimum absolute atomic E-state index is 0.0505. The third kappa shape index (κ3) is 4.25. The van der Waals surface area contributed by atoms with Crippen LogP contribution in [0.1, 0.15) is 20.3 Å². The fourth-order valence-electron chi connectivity index (χ4n) is 2.27. The zero-order valence-corrected chi connectivity index (χ0v) is 14.4. The summed E-state index contributed by atoms with van der Waals surface area (Å²) in [5, 5.41) is 3.10. The molecule has 0 unspecified atom stereocenters. The number of carbonyl (C=O) groups is 2. The highest BCUT2D eigenvalue weighted by Crippen LogP contribution is 2.29.